The molecule has 1 aliphatic heterocycles. The molecule has 3 amide bonds. The van der Waals surface area contributed by atoms with Crippen LogP contribution in [0.5, 0.6) is 5.75 Å². The minimum atomic E-state index is -0.544. The van der Waals surface area contributed by atoms with Gasteiger partial charge in [-0.3, -0.25) is 19.3 Å². The minimum absolute atomic E-state index is 0.0764. The molecule has 168 valence electrons. The predicted octanol–water partition coefficient (Wildman–Crippen LogP) is 4.41. The molecule has 1 heterocycles. The Labute approximate surface area is 188 Å². The van der Waals surface area contributed by atoms with Gasteiger partial charge < -0.3 is 10.1 Å². The normalized spacial score (nSPS) is 23.8. The summed E-state index contributed by atoms with van der Waals surface area (Å²) in [6.45, 7) is 6.57. The van der Waals surface area contributed by atoms with E-state index in [2.05, 4.69) is 5.32 Å². The van der Waals surface area contributed by atoms with Crippen molar-refractivity contribution in [2.45, 2.75) is 46.6 Å². The third-order valence-electron chi connectivity index (χ3n) is 7.46. The van der Waals surface area contributed by atoms with E-state index in [-0.39, 0.29) is 42.0 Å². The number of ether oxygens (including phenoxy) is 1. The van der Waals surface area contributed by atoms with Gasteiger partial charge in [-0.2, -0.15) is 0 Å². The highest BCUT2D eigenvalue weighted by Gasteiger charge is 2.64. The first kappa shape index (κ1) is 22.1. The van der Waals surface area contributed by atoms with Crippen molar-refractivity contribution in [2.75, 3.05) is 11.9 Å². The Bertz CT molecular complexity index is 1020. The third-order valence-corrected chi connectivity index (χ3v) is 7.46. The molecule has 1 aliphatic carbocycles. The van der Waals surface area contributed by atoms with E-state index in [1.54, 1.807) is 24.3 Å². The number of rotatable bonds is 7. The van der Waals surface area contributed by atoms with Crippen LogP contribution in [0.15, 0.2) is 54.6 Å². The van der Waals surface area contributed by atoms with Crippen molar-refractivity contribution in [3.05, 3.63) is 60.2 Å². The van der Waals surface area contributed by atoms with Crippen LogP contribution in [0.2, 0.25) is 0 Å². The van der Waals surface area contributed by atoms with E-state index in [9.17, 15) is 14.4 Å². The summed E-state index contributed by atoms with van der Waals surface area (Å²) < 4.78 is 5.76. The standard InChI is InChI=1S/C26H30N2O4/c1-25(2)21-13-15-26(25,3)24(31)28(23(21)30)16-14-22(29)27-19-9-11-20(12-10-19)32-17-18-7-5-4-6-8-18/h4-12,21H,13-17H2,1-3H3,(H,27,29). The maximum atomic E-state index is 13.1. The Morgan fingerprint density at radius 1 is 1.06 bits per heavy atom. The lowest BCUT2D eigenvalue weighted by Crippen LogP contribution is -2.59. The molecule has 2 aliphatic rings. The van der Waals surface area contributed by atoms with Gasteiger partial charge >= 0.3 is 0 Å². The quantitative estimate of drug-likeness (QED) is 0.655. The van der Waals surface area contributed by atoms with Crippen LogP contribution in [0.3, 0.4) is 0 Å². The number of fused-ring (bicyclic) bond motifs is 2. The first-order chi connectivity index (χ1) is 15.2. The van der Waals surface area contributed by atoms with E-state index in [1.807, 2.05) is 51.1 Å². The fraction of sp³-hybridized carbons (Fsp3) is 0.423. The first-order valence-electron chi connectivity index (χ1n) is 11.1. The molecule has 6 heteroatoms. The second-order valence-corrected chi connectivity index (χ2v) is 9.54. The van der Waals surface area contributed by atoms with Crippen molar-refractivity contribution in [2.24, 2.45) is 16.7 Å². The molecular weight excluding hydrogens is 404 g/mol. The van der Waals surface area contributed by atoms with Crippen molar-refractivity contribution >= 4 is 23.4 Å². The van der Waals surface area contributed by atoms with E-state index < -0.39 is 5.41 Å². The number of carbonyl (C=O) groups excluding carboxylic acids is 3. The lowest BCUT2D eigenvalue weighted by molar-refractivity contribution is -0.167. The Balaban J connectivity index is 1.30. The number of piperidine rings is 1. The highest BCUT2D eigenvalue weighted by molar-refractivity contribution is 6.04. The Kier molecular flexibility index (Phi) is 5.80. The summed E-state index contributed by atoms with van der Waals surface area (Å²) >= 11 is 0. The molecule has 0 radical (unpaired) electrons. The van der Waals surface area contributed by atoms with Gasteiger partial charge in [0.05, 0.1) is 5.41 Å². The lowest BCUT2D eigenvalue weighted by Gasteiger charge is -2.47. The number of hydrogen-bond donors (Lipinski definition) is 1. The average Bonchev–Trinajstić information content (AvgIpc) is 2.97. The smallest absolute Gasteiger partial charge is 0.235 e. The Morgan fingerprint density at radius 3 is 2.44 bits per heavy atom. The van der Waals surface area contributed by atoms with Gasteiger partial charge in [0.25, 0.3) is 0 Å². The molecular formula is C26H30N2O4. The molecule has 2 atom stereocenters. The minimum Gasteiger partial charge on any atom is -0.489 e. The number of nitrogens with one attached hydrogen (secondary N) is 1. The van der Waals surface area contributed by atoms with E-state index in [0.29, 0.717) is 18.0 Å². The van der Waals surface area contributed by atoms with Gasteiger partial charge in [-0.05, 0) is 48.1 Å². The van der Waals surface area contributed by atoms with Crippen LogP contribution >= 0.6 is 0 Å². The van der Waals surface area contributed by atoms with Crippen LogP contribution in [0.25, 0.3) is 0 Å². The summed E-state index contributed by atoms with van der Waals surface area (Å²) in [5.74, 6) is 0.0435. The molecule has 1 saturated heterocycles. The number of nitrogens with zero attached hydrogens (tertiary/aromatic N) is 1. The number of amides is 3. The molecule has 2 fully saturated rings. The van der Waals surface area contributed by atoms with Crippen LogP contribution in [0, 0.1) is 16.7 Å². The zero-order chi connectivity index (χ0) is 22.9. The van der Waals surface area contributed by atoms with E-state index in [4.69, 9.17) is 4.74 Å². The van der Waals surface area contributed by atoms with E-state index in [0.717, 1.165) is 18.4 Å². The highest BCUT2D eigenvalue weighted by Crippen LogP contribution is 2.60. The van der Waals surface area contributed by atoms with Gasteiger partial charge in [0.15, 0.2) is 0 Å². The molecule has 1 saturated carbocycles. The fourth-order valence-corrected chi connectivity index (χ4v) is 4.93. The summed E-state index contributed by atoms with van der Waals surface area (Å²) in [4.78, 5) is 39.7. The molecule has 2 aromatic rings. The monoisotopic (exact) mass is 434 g/mol. The van der Waals surface area contributed by atoms with Gasteiger partial charge in [-0.25, -0.2) is 0 Å². The van der Waals surface area contributed by atoms with Crippen molar-refractivity contribution in [1.29, 1.82) is 0 Å². The van der Waals surface area contributed by atoms with Crippen molar-refractivity contribution in [1.82, 2.24) is 4.90 Å². The summed E-state index contributed by atoms with van der Waals surface area (Å²) in [5, 5.41) is 2.83. The van der Waals surface area contributed by atoms with Crippen molar-refractivity contribution in [3.8, 4) is 5.75 Å². The third kappa shape index (κ3) is 3.90. The molecule has 2 aromatic carbocycles. The zero-order valence-electron chi connectivity index (χ0n) is 18.9. The summed E-state index contributed by atoms with van der Waals surface area (Å²) in [5.41, 5.74) is 0.839. The fourth-order valence-electron chi connectivity index (χ4n) is 4.93. The van der Waals surface area contributed by atoms with Crippen molar-refractivity contribution in [3.63, 3.8) is 0 Å². The number of likely N-dealkylation sites (tertiary alicyclic amines) is 1. The number of benzene rings is 2. The van der Waals surface area contributed by atoms with Gasteiger partial charge in [-0.1, -0.05) is 51.1 Å². The topological polar surface area (TPSA) is 75.7 Å². The molecule has 32 heavy (non-hydrogen) atoms. The Hall–Kier alpha value is -3.15. The molecule has 2 bridgehead atoms. The van der Waals surface area contributed by atoms with Crippen LogP contribution in [0.1, 0.15) is 45.6 Å². The van der Waals surface area contributed by atoms with E-state index >= 15 is 0 Å². The van der Waals surface area contributed by atoms with Crippen LogP contribution < -0.4 is 10.1 Å². The van der Waals surface area contributed by atoms with Crippen LogP contribution in [-0.2, 0) is 21.0 Å². The van der Waals surface area contributed by atoms with E-state index in [1.165, 1.54) is 4.90 Å². The highest BCUT2D eigenvalue weighted by atomic mass is 16.5. The SMILES string of the molecule is CC12CCC(C(=O)N(CCC(=O)Nc3ccc(OCc4ccccc4)cc3)C1=O)C2(C)C. The Morgan fingerprint density at radius 2 is 1.75 bits per heavy atom. The summed E-state index contributed by atoms with van der Waals surface area (Å²) in [6, 6.07) is 17.1. The second kappa shape index (κ2) is 8.41. The molecule has 0 spiro atoms. The maximum Gasteiger partial charge on any atom is 0.235 e. The van der Waals surface area contributed by atoms with Crippen LogP contribution in [0.4, 0.5) is 5.69 Å². The number of imide groups is 1. The molecule has 0 aromatic heterocycles. The summed E-state index contributed by atoms with van der Waals surface area (Å²) in [6.07, 6.45) is 1.53. The zero-order valence-corrected chi connectivity index (χ0v) is 18.9. The molecule has 4 rings (SSSR count). The van der Waals surface area contributed by atoms with Gasteiger partial charge in [0.2, 0.25) is 17.7 Å². The predicted molar refractivity (Wildman–Crippen MR) is 122 cm³/mol. The second-order valence-electron chi connectivity index (χ2n) is 9.54. The number of hydrogen-bond acceptors (Lipinski definition) is 4. The molecule has 1 N–H and O–H groups in total. The first-order valence-corrected chi connectivity index (χ1v) is 11.1. The van der Waals surface area contributed by atoms with Crippen molar-refractivity contribution < 1.29 is 19.1 Å². The lowest BCUT2D eigenvalue weighted by atomic mass is 9.62. The largest absolute Gasteiger partial charge is 0.489 e. The number of carbonyl (C=O) groups is 3. The average molecular weight is 435 g/mol. The van der Waals surface area contributed by atoms with Gasteiger partial charge in [0.1, 0.15) is 12.4 Å². The summed E-state index contributed by atoms with van der Waals surface area (Å²) in [7, 11) is 0. The van der Waals surface area contributed by atoms with Gasteiger partial charge in [0, 0.05) is 24.6 Å². The van der Waals surface area contributed by atoms with Gasteiger partial charge in [-0.15, -0.1) is 0 Å². The van der Waals surface area contributed by atoms with Crippen LogP contribution in [-0.4, -0.2) is 29.2 Å². The maximum absolute atomic E-state index is 13.1. The number of anilines is 1. The molecule has 2 unspecified atom stereocenters. The molecule has 6 nitrogen and oxygen atoms in total.